The highest BCUT2D eigenvalue weighted by Gasteiger charge is 2.18. The molecular weight excluding hydrogens is 166 g/mol. The summed E-state index contributed by atoms with van der Waals surface area (Å²) in [6.07, 6.45) is 2.26. The van der Waals surface area contributed by atoms with Gasteiger partial charge in [-0.15, -0.1) is 0 Å². The molecule has 1 saturated heterocycles. The molecule has 0 aromatic rings. The van der Waals surface area contributed by atoms with E-state index >= 15 is 0 Å². The molecule has 1 N–H and O–H groups in total. The van der Waals surface area contributed by atoms with Gasteiger partial charge in [-0.05, 0) is 26.7 Å². The second-order valence-corrected chi connectivity index (χ2v) is 4.02. The van der Waals surface area contributed by atoms with E-state index in [4.69, 9.17) is 4.74 Å². The summed E-state index contributed by atoms with van der Waals surface area (Å²) in [6, 6.07) is 0. The van der Waals surface area contributed by atoms with Gasteiger partial charge in [-0.25, -0.2) is 0 Å². The van der Waals surface area contributed by atoms with Crippen molar-refractivity contribution in [3.05, 3.63) is 0 Å². The number of rotatable bonds is 5. The van der Waals surface area contributed by atoms with E-state index in [1.807, 2.05) is 0 Å². The molecule has 1 aliphatic rings. The topological polar surface area (TPSA) is 32.7 Å². The maximum Gasteiger partial charge on any atom is 0.0679 e. The highest BCUT2D eigenvalue weighted by Crippen LogP contribution is 2.08. The Labute approximate surface area is 80.7 Å². The molecule has 1 aliphatic heterocycles. The zero-order valence-corrected chi connectivity index (χ0v) is 8.70. The highest BCUT2D eigenvalue weighted by atomic mass is 16.5. The first kappa shape index (κ1) is 11.0. The Kier molecular flexibility index (Phi) is 4.70. The summed E-state index contributed by atoms with van der Waals surface area (Å²) >= 11 is 0. The van der Waals surface area contributed by atoms with Crippen LogP contribution >= 0.6 is 0 Å². The van der Waals surface area contributed by atoms with Crippen LogP contribution in [-0.2, 0) is 4.74 Å². The fourth-order valence-corrected chi connectivity index (χ4v) is 1.62. The molecule has 0 aromatic heterocycles. The molecule has 0 bridgehead atoms. The Bertz CT molecular complexity index is 139. The van der Waals surface area contributed by atoms with Gasteiger partial charge in [0.25, 0.3) is 0 Å². The SMILES string of the molecule is CC(C)OCCCN1CC[C@@H](O)C1. The minimum absolute atomic E-state index is 0.0917. The van der Waals surface area contributed by atoms with Crippen LogP contribution in [0.2, 0.25) is 0 Å². The molecular formula is C10H21NO2. The zero-order valence-electron chi connectivity index (χ0n) is 8.70. The lowest BCUT2D eigenvalue weighted by Gasteiger charge is -2.15. The number of aliphatic hydroxyl groups is 1. The van der Waals surface area contributed by atoms with Crippen molar-refractivity contribution in [2.45, 2.75) is 38.9 Å². The quantitative estimate of drug-likeness (QED) is 0.648. The van der Waals surface area contributed by atoms with Crippen LogP contribution in [0, 0.1) is 0 Å². The first-order valence-electron chi connectivity index (χ1n) is 5.20. The molecule has 0 saturated carbocycles. The molecule has 0 aliphatic carbocycles. The van der Waals surface area contributed by atoms with Gasteiger partial charge in [-0.2, -0.15) is 0 Å². The number of likely N-dealkylation sites (tertiary alicyclic amines) is 1. The Morgan fingerprint density at radius 3 is 2.85 bits per heavy atom. The summed E-state index contributed by atoms with van der Waals surface area (Å²) in [5.41, 5.74) is 0. The van der Waals surface area contributed by atoms with Gasteiger partial charge >= 0.3 is 0 Å². The number of nitrogens with zero attached hydrogens (tertiary/aromatic N) is 1. The number of hydrogen-bond acceptors (Lipinski definition) is 3. The van der Waals surface area contributed by atoms with E-state index in [9.17, 15) is 5.11 Å². The predicted molar refractivity (Wildman–Crippen MR) is 52.8 cm³/mol. The molecule has 0 amide bonds. The second kappa shape index (κ2) is 5.58. The molecule has 0 spiro atoms. The van der Waals surface area contributed by atoms with E-state index in [0.29, 0.717) is 6.10 Å². The molecule has 1 fully saturated rings. The largest absolute Gasteiger partial charge is 0.392 e. The van der Waals surface area contributed by atoms with Gasteiger partial charge < -0.3 is 14.7 Å². The van der Waals surface area contributed by atoms with Crippen LogP contribution in [0.5, 0.6) is 0 Å². The van der Waals surface area contributed by atoms with Crippen LogP contribution in [0.1, 0.15) is 26.7 Å². The monoisotopic (exact) mass is 187 g/mol. The molecule has 13 heavy (non-hydrogen) atoms. The Morgan fingerprint density at radius 2 is 2.31 bits per heavy atom. The van der Waals surface area contributed by atoms with Crippen molar-refractivity contribution in [2.75, 3.05) is 26.2 Å². The van der Waals surface area contributed by atoms with Crippen molar-refractivity contribution >= 4 is 0 Å². The van der Waals surface area contributed by atoms with E-state index < -0.39 is 0 Å². The lowest BCUT2D eigenvalue weighted by atomic mass is 10.3. The van der Waals surface area contributed by atoms with Gasteiger partial charge in [-0.1, -0.05) is 0 Å². The molecule has 1 rings (SSSR count). The van der Waals surface area contributed by atoms with Crippen LogP contribution in [-0.4, -0.2) is 48.5 Å². The molecule has 0 aromatic carbocycles. The average molecular weight is 187 g/mol. The lowest BCUT2D eigenvalue weighted by molar-refractivity contribution is 0.0709. The smallest absolute Gasteiger partial charge is 0.0679 e. The first-order chi connectivity index (χ1) is 6.18. The van der Waals surface area contributed by atoms with Crippen molar-refractivity contribution in [2.24, 2.45) is 0 Å². The van der Waals surface area contributed by atoms with E-state index in [1.54, 1.807) is 0 Å². The summed E-state index contributed by atoms with van der Waals surface area (Å²) in [5, 5.41) is 9.27. The normalized spacial score (nSPS) is 24.5. The van der Waals surface area contributed by atoms with Crippen molar-refractivity contribution < 1.29 is 9.84 Å². The molecule has 3 heteroatoms. The van der Waals surface area contributed by atoms with E-state index in [1.165, 1.54) is 0 Å². The third-order valence-corrected chi connectivity index (χ3v) is 2.32. The number of β-amino-alcohol motifs (C(OH)–C–C–N with tert-alkyl or cyclic N) is 1. The number of hydrogen-bond donors (Lipinski definition) is 1. The molecule has 1 atom stereocenters. The maximum atomic E-state index is 9.27. The molecule has 1 heterocycles. The lowest BCUT2D eigenvalue weighted by Crippen LogP contribution is -2.24. The zero-order chi connectivity index (χ0) is 9.68. The van der Waals surface area contributed by atoms with E-state index in [2.05, 4.69) is 18.7 Å². The third kappa shape index (κ3) is 4.60. The van der Waals surface area contributed by atoms with Crippen molar-refractivity contribution in [3.8, 4) is 0 Å². The highest BCUT2D eigenvalue weighted by molar-refractivity contribution is 4.73. The fraction of sp³-hybridized carbons (Fsp3) is 1.00. The van der Waals surface area contributed by atoms with Crippen molar-refractivity contribution in [3.63, 3.8) is 0 Å². The fourth-order valence-electron chi connectivity index (χ4n) is 1.62. The molecule has 3 nitrogen and oxygen atoms in total. The van der Waals surface area contributed by atoms with Crippen molar-refractivity contribution in [1.82, 2.24) is 4.90 Å². The number of aliphatic hydroxyl groups excluding tert-OH is 1. The van der Waals surface area contributed by atoms with Gasteiger partial charge in [0.15, 0.2) is 0 Å². The van der Waals surface area contributed by atoms with E-state index in [-0.39, 0.29) is 6.10 Å². The molecule has 78 valence electrons. The van der Waals surface area contributed by atoms with Gasteiger partial charge in [-0.3, -0.25) is 0 Å². The standard InChI is InChI=1S/C10H21NO2/c1-9(2)13-7-3-5-11-6-4-10(12)8-11/h9-10,12H,3-8H2,1-2H3/t10-/m1/s1. The van der Waals surface area contributed by atoms with Gasteiger partial charge in [0, 0.05) is 26.2 Å². The Morgan fingerprint density at radius 1 is 1.54 bits per heavy atom. The van der Waals surface area contributed by atoms with E-state index in [0.717, 1.165) is 39.1 Å². The summed E-state index contributed by atoms with van der Waals surface area (Å²) in [7, 11) is 0. The summed E-state index contributed by atoms with van der Waals surface area (Å²) < 4.78 is 5.44. The average Bonchev–Trinajstić information content (AvgIpc) is 2.45. The van der Waals surface area contributed by atoms with Crippen LogP contribution < -0.4 is 0 Å². The maximum absolute atomic E-state index is 9.27. The molecule has 0 unspecified atom stereocenters. The first-order valence-corrected chi connectivity index (χ1v) is 5.20. The van der Waals surface area contributed by atoms with Crippen LogP contribution in [0.3, 0.4) is 0 Å². The van der Waals surface area contributed by atoms with Crippen molar-refractivity contribution in [1.29, 1.82) is 0 Å². The number of ether oxygens (including phenoxy) is 1. The van der Waals surface area contributed by atoms with Gasteiger partial charge in [0.2, 0.25) is 0 Å². The Hall–Kier alpha value is -0.120. The molecule has 0 radical (unpaired) electrons. The third-order valence-electron chi connectivity index (χ3n) is 2.32. The Balaban J connectivity index is 1.94. The second-order valence-electron chi connectivity index (χ2n) is 4.02. The summed E-state index contributed by atoms with van der Waals surface area (Å²) in [4.78, 5) is 2.30. The summed E-state index contributed by atoms with van der Waals surface area (Å²) in [5.74, 6) is 0. The van der Waals surface area contributed by atoms with Gasteiger partial charge in [0.05, 0.1) is 12.2 Å². The van der Waals surface area contributed by atoms with Gasteiger partial charge in [0.1, 0.15) is 0 Å². The minimum Gasteiger partial charge on any atom is -0.392 e. The van der Waals surface area contributed by atoms with Crippen LogP contribution in [0.4, 0.5) is 0 Å². The van der Waals surface area contributed by atoms with Crippen LogP contribution in [0.25, 0.3) is 0 Å². The minimum atomic E-state index is -0.0917. The summed E-state index contributed by atoms with van der Waals surface area (Å²) in [6.45, 7) is 7.90. The predicted octanol–water partition coefficient (Wildman–Crippen LogP) is 0.868. The van der Waals surface area contributed by atoms with Crippen LogP contribution in [0.15, 0.2) is 0 Å².